The third-order valence-electron chi connectivity index (χ3n) is 9.62. The molecule has 0 radical (unpaired) electrons. The van der Waals surface area contributed by atoms with Crippen LogP contribution in [0.4, 0.5) is 11.6 Å². The van der Waals surface area contributed by atoms with Gasteiger partial charge in [-0.25, -0.2) is 19.4 Å². The lowest BCUT2D eigenvalue weighted by Gasteiger charge is -2.34. The Labute approximate surface area is 266 Å². The van der Waals surface area contributed by atoms with Crippen molar-refractivity contribution in [2.24, 2.45) is 17.8 Å². The molecule has 3 aromatic rings. The molecule has 12 heteroatoms. The average Bonchev–Trinajstić information content (AvgIpc) is 3.75. The van der Waals surface area contributed by atoms with Gasteiger partial charge in [0.15, 0.2) is 10.8 Å². The number of carbonyl (C=O) groups is 1. The number of aromatic nitrogens is 4. The van der Waals surface area contributed by atoms with Crippen molar-refractivity contribution in [2.45, 2.75) is 95.7 Å². The van der Waals surface area contributed by atoms with E-state index in [1.807, 2.05) is 6.07 Å². The van der Waals surface area contributed by atoms with E-state index in [0.29, 0.717) is 48.3 Å². The van der Waals surface area contributed by atoms with E-state index in [4.69, 9.17) is 9.72 Å². The first-order valence-electron chi connectivity index (χ1n) is 16.3. The molecule has 242 valence electrons. The highest BCUT2D eigenvalue weighted by Gasteiger charge is 2.41. The molecule has 1 amide bonds. The van der Waals surface area contributed by atoms with Gasteiger partial charge in [-0.05, 0) is 81.5 Å². The van der Waals surface area contributed by atoms with Gasteiger partial charge in [-0.1, -0.05) is 45.6 Å². The molecule has 2 atom stereocenters. The minimum absolute atomic E-state index is 0.110. The summed E-state index contributed by atoms with van der Waals surface area (Å²) in [5.74, 6) is 2.60. The Bertz CT molecular complexity index is 1630. The smallest absolute Gasteiger partial charge is 0.281 e. The fraction of sp³-hybridized carbons (Fsp3) is 0.576. The summed E-state index contributed by atoms with van der Waals surface area (Å²) in [4.78, 5) is 25.2. The van der Waals surface area contributed by atoms with Crippen LogP contribution in [0.15, 0.2) is 47.6 Å². The lowest BCUT2D eigenvalue weighted by Crippen LogP contribution is -2.41. The first-order chi connectivity index (χ1) is 21.5. The topological polar surface area (TPSA) is 131 Å². The molecule has 3 aliphatic rings. The van der Waals surface area contributed by atoms with Gasteiger partial charge >= 0.3 is 0 Å². The van der Waals surface area contributed by atoms with Crippen LogP contribution in [0.2, 0.25) is 0 Å². The molecule has 0 aromatic carbocycles. The predicted molar refractivity (Wildman–Crippen MR) is 173 cm³/mol. The summed E-state index contributed by atoms with van der Waals surface area (Å²) in [7, 11) is -4.26. The van der Waals surface area contributed by atoms with Crippen LogP contribution in [0.5, 0.6) is 5.88 Å². The molecule has 1 saturated heterocycles. The van der Waals surface area contributed by atoms with Crippen molar-refractivity contribution in [3.63, 3.8) is 0 Å². The van der Waals surface area contributed by atoms with Crippen molar-refractivity contribution in [1.82, 2.24) is 24.5 Å². The first-order valence-corrected chi connectivity index (χ1v) is 17.7. The quantitative estimate of drug-likeness (QED) is 0.357. The third-order valence-corrected chi connectivity index (χ3v) is 10.9. The van der Waals surface area contributed by atoms with E-state index in [-0.39, 0.29) is 22.2 Å². The first kappa shape index (κ1) is 31.3. The molecular weight excluding hydrogens is 590 g/mol. The summed E-state index contributed by atoms with van der Waals surface area (Å²) in [6.07, 6.45) is 10.8. The second kappa shape index (κ2) is 12.6. The largest absolute Gasteiger partial charge is 0.477 e. The van der Waals surface area contributed by atoms with E-state index in [0.717, 1.165) is 31.6 Å². The number of carbonyl (C=O) groups excluding carboxylic acids is 1. The van der Waals surface area contributed by atoms with Crippen LogP contribution in [0.1, 0.15) is 89.4 Å². The standard InChI is InChI=1S/C33H45N7O4S/c1-22(2)26-14-12-24-20-33(3,4)39(21-24)31-25(32(41)38-45(42,43)30-11-7-10-27(34-26)35-30)13-15-28(36-31)40-18-16-29(37-40)44-19-17-23-8-5-6-9-23/h7,10-11,13,15-16,18,22-24,26H,5-6,8-9,12,14,17,19-21H2,1-4H3,(H,34,35)(H,38,41)/t24-,26?/m0/s1. The number of hydrogen-bond acceptors (Lipinski definition) is 9. The van der Waals surface area contributed by atoms with Gasteiger partial charge in [0.25, 0.3) is 15.9 Å². The molecule has 2 aliphatic heterocycles. The molecule has 1 unspecified atom stereocenters. The molecule has 5 heterocycles. The number of amides is 1. The number of hydrogen-bond donors (Lipinski definition) is 2. The SMILES string of the molecule is CC(C)C1CC[C@@H]2CN(c3nc(-n4ccc(OCCC5CCCC5)n4)ccc3C(=O)NS(=O)(=O)c3cccc(n3)N1)C(C)(C)C2. The molecule has 6 rings (SSSR count). The third kappa shape index (κ3) is 6.95. The lowest BCUT2D eigenvalue weighted by atomic mass is 9.89. The Balaban J connectivity index is 1.33. The summed E-state index contributed by atoms with van der Waals surface area (Å²) in [5, 5.41) is 7.84. The summed E-state index contributed by atoms with van der Waals surface area (Å²) >= 11 is 0. The summed E-state index contributed by atoms with van der Waals surface area (Å²) in [6.45, 7) is 9.94. The number of pyridine rings is 2. The Morgan fingerprint density at radius 2 is 1.84 bits per heavy atom. The maximum atomic E-state index is 13.7. The molecule has 11 nitrogen and oxygen atoms in total. The number of nitrogens with one attached hydrogen (secondary N) is 2. The Hall–Kier alpha value is -3.67. The number of sulfonamides is 1. The Kier molecular flexibility index (Phi) is 8.78. The fourth-order valence-electron chi connectivity index (χ4n) is 7.09. The highest BCUT2D eigenvalue weighted by molar-refractivity contribution is 7.90. The molecule has 3 aromatic heterocycles. The second-order valence-electron chi connectivity index (χ2n) is 13.8. The molecule has 2 fully saturated rings. The van der Waals surface area contributed by atoms with Crippen LogP contribution in [0.25, 0.3) is 5.82 Å². The molecule has 0 spiro atoms. The summed E-state index contributed by atoms with van der Waals surface area (Å²) in [5.41, 5.74) is -0.132. The van der Waals surface area contributed by atoms with Crippen molar-refractivity contribution >= 4 is 27.6 Å². The van der Waals surface area contributed by atoms with Gasteiger partial charge in [0.05, 0.1) is 12.2 Å². The number of fused-ring (bicyclic) bond motifs is 6. The maximum absolute atomic E-state index is 13.7. The van der Waals surface area contributed by atoms with Crippen molar-refractivity contribution in [2.75, 3.05) is 23.4 Å². The van der Waals surface area contributed by atoms with E-state index >= 15 is 0 Å². The second-order valence-corrected chi connectivity index (χ2v) is 15.4. The molecular formula is C33H45N7O4S. The molecule has 1 saturated carbocycles. The predicted octanol–water partition coefficient (Wildman–Crippen LogP) is 5.58. The van der Waals surface area contributed by atoms with Gasteiger partial charge in [-0.2, -0.15) is 8.42 Å². The van der Waals surface area contributed by atoms with Crippen LogP contribution < -0.4 is 19.7 Å². The minimum Gasteiger partial charge on any atom is -0.477 e. The van der Waals surface area contributed by atoms with Crippen LogP contribution in [0.3, 0.4) is 0 Å². The minimum atomic E-state index is -4.26. The van der Waals surface area contributed by atoms with E-state index in [1.165, 1.54) is 31.7 Å². The van der Waals surface area contributed by atoms with Gasteiger partial charge in [0, 0.05) is 30.4 Å². The summed E-state index contributed by atoms with van der Waals surface area (Å²) < 4.78 is 36.7. The van der Waals surface area contributed by atoms with Crippen molar-refractivity contribution < 1.29 is 17.9 Å². The monoisotopic (exact) mass is 635 g/mol. The van der Waals surface area contributed by atoms with Gasteiger partial charge in [0.2, 0.25) is 5.88 Å². The fourth-order valence-corrected chi connectivity index (χ4v) is 8.03. The van der Waals surface area contributed by atoms with Crippen LogP contribution in [0, 0.1) is 17.8 Å². The van der Waals surface area contributed by atoms with Crippen LogP contribution >= 0.6 is 0 Å². The van der Waals surface area contributed by atoms with E-state index in [2.05, 4.69) is 52.7 Å². The normalized spacial score (nSPS) is 23.1. The Morgan fingerprint density at radius 1 is 1.04 bits per heavy atom. The number of rotatable bonds is 6. The summed E-state index contributed by atoms with van der Waals surface area (Å²) in [6, 6.07) is 10.0. The number of ether oxygens (including phenoxy) is 1. The number of nitrogens with zero attached hydrogens (tertiary/aromatic N) is 5. The van der Waals surface area contributed by atoms with Crippen LogP contribution in [-0.2, 0) is 10.0 Å². The average molecular weight is 636 g/mol. The van der Waals surface area contributed by atoms with Gasteiger partial charge < -0.3 is 15.0 Å². The van der Waals surface area contributed by atoms with Crippen molar-refractivity contribution in [3.8, 4) is 11.7 Å². The van der Waals surface area contributed by atoms with Gasteiger partial charge in [-0.15, -0.1) is 5.10 Å². The van der Waals surface area contributed by atoms with Crippen molar-refractivity contribution in [3.05, 3.63) is 48.2 Å². The van der Waals surface area contributed by atoms with E-state index in [1.54, 1.807) is 35.1 Å². The van der Waals surface area contributed by atoms with Crippen LogP contribution in [-0.4, -0.2) is 58.8 Å². The van der Waals surface area contributed by atoms with E-state index < -0.39 is 15.9 Å². The molecule has 4 bridgehead atoms. The van der Waals surface area contributed by atoms with E-state index in [9.17, 15) is 13.2 Å². The Morgan fingerprint density at radius 3 is 2.62 bits per heavy atom. The zero-order valence-corrected chi connectivity index (χ0v) is 27.5. The van der Waals surface area contributed by atoms with Gasteiger partial charge in [0.1, 0.15) is 11.6 Å². The lowest BCUT2D eigenvalue weighted by molar-refractivity contribution is 0.0981. The number of anilines is 2. The van der Waals surface area contributed by atoms with Crippen molar-refractivity contribution in [1.29, 1.82) is 0 Å². The maximum Gasteiger partial charge on any atom is 0.281 e. The zero-order valence-electron chi connectivity index (χ0n) is 26.7. The molecule has 45 heavy (non-hydrogen) atoms. The zero-order chi connectivity index (χ0) is 31.8. The molecule has 2 N–H and O–H groups in total. The molecule has 1 aliphatic carbocycles. The van der Waals surface area contributed by atoms with Gasteiger partial charge in [-0.3, -0.25) is 4.79 Å². The highest BCUT2D eigenvalue weighted by Crippen LogP contribution is 2.40. The highest BCUT2D eigenvalue weighted by atomic mass is 32.2.